The van der Waals surface area contributed by atoms with E-state index in [9.17, 15) is 4.79 Å². The van der Waals surface area contributed by atoms with Crippen LogP contribution in [0.2, 0.25) is 0 Å². The molecule has 6 nitrogen and oxygen atoms in total. The molecule has 0 aliphatic heterocycles. The van der Waals surface area contributed by atoms with Gasteiger partial charge in [-0.15, -0.1) is 5.10 Å². The maximum absolute atomic E-state index is 11.4. The normalized spacial score (nSPS) is 17.4. The van der Waals surface area contributed by atoms with Gasteiger partial charge in [-0.2, -0.15) is 0 Å². The highest BCUT2D eigenvalue weighted by Gasteiger charge is 2.41. The summed E-state index contributed by atoms with van der Waals surface area (Å²) in [6.07, 6.45) is 5.15. The van der Waals surface area contributed by atoms with E-state index in [4.69, 9.17) is 5.11 Å². The Balaban J connectivity index is 1.74. The molecule has 0 atom stereocenters. The summed E-state index contributed by atoms with van der Waals surface area (Å²) in [6.45, 7) is 0.884. The van der Waals surface area contributed by atoms with Crippen LogP contribution in [0.4, 0.5) is 0 Å². The second-order valence-corrected chi connectivity index (χ2v) is 4.04. The molecular weight excluding hydrogens is 196 g/mol. The summed E-state index contributed by atoms with van der Waals surface area (Å²) >= 11 is 0. The Hall–Kier alpha value is -1.43. The number of nitrogens with one attached hydrogen (secondary N) is 1. The molecule has 82 valence electrons. The average Bonchev–Trinajstić information content (AvgIpc) is 2.86. The van der Waals surface area contributed by atoms with Gasteiger partial charge in [0, 0.05) is 18.2 Å². The summed E-state index contributed by atoms with van der Waals surface area (Å²) in [5.74, 6) is -0.0970. The summed E-state index contributed by atoms with van der Waals surface area (Å²) in [4.78, 5) is 11.4. The molecule has 1 aromatic rings. The molecule has 0 bridgehead atoms. The van der Waals surface area contributed by atoms with Gasteiger partial charge in [0.15, 0.2) is 0 Å². The van der Waals surface area contributed by atoms with Crippen LogP contribution in [0.15, 0.2) is 12.4 Å². The van der Waals surface area contributed by atoms with Crippen LogP contribution in [0.25, 0.3) is 0 Å². The van der Waals surface area contributed by atoms with Crippen molar-refractivity contribution in [3.8, 4) is 0 Å². The highest BCUT2D eigenvalue weighted by Crippen LogP contribution is 2.44. The molecule has 1 aliphatic rings. The lowest BCUT2D eigenvalue weighted by atomic mass is 10.1. The second kappa shape index (κ2) is 3.98. The van der Waals surface area contributed by atoms with E-state index < -0.39 is 0 Å². The number of aromatic nitrogens is 3. The minimum atomic E-state index is -0.0970. The van der Waals surface area contributed by atoms with E-state index in [1.807, 2.05) is 0 Å². The van der Waals surface area contributed by atoms with E-state index in [0.29, 0.717) is 6.54 Å². The number of nitrogens with zero attached hydrogens (tertiary/aromatic N) is 3. The Morgan fingerprint density at radius 1 is 1.60 bits per heavy atom. The van der Waals surface area contributed by atoms with Crippen molar-refractivity contribution < 1.29 is 9.90 Å². The lowest BCUT2D eigenvalue weighted by molar-refractivity contribution is -0.122. The first-order chi connectivity index (χ1) is 7.24. The number of amides is 1. The van der Waals surface area contributed by atoms with Crippen molar-refractivity contribution >= 4 is 5.91 Å². The standard InChI is InChI=1S/C9H14N4O2/c14-7-9(1-2-9)6-10-8(15)5-13-4-3-11-12-13/h3-4,14H,1-2,5-7H2,(H,10,15). The molecule has 1 fully saturated rings. The van der Waals surface area contributed by atoms with Gasteiger partial charge in [0.2, 0.25) is 5.91 Å². The van der Waals surface area contributed by atoms with Crippen LogP contribution in [0.5, 0.6) is 0 Å². The second-order valence-electron chi connectivity index (χ2n) is 4.04. The fourth-order valence-electron chi connectivity index (χ4n) is 1.37. The zero-order valence-electron chi connectivity index (χ0n) is 8.39. The number of aliphatic hydroxyl groups is 1. The van der Waals surface area contributed by atoms with Gasteiger partial charge >= 0.3 is 0 Å². The maximum Gasteiger partial charge on any atom is 0.241 e. The molecule has 0 spiro atoms. The van der Waals surface area contributed by atoms with Crippen LogP contribution in [-0.4, -0.2) is 39.2 Å². The van der Waals surface area contributed by atoms with E-state index >= 15 is 0 Å². The first-order valence-corrected chi connectivity index (χ1v) is 4.96. The van der Waals surface area contributed by atoms with Gasteiger partial charge in [-0.3, -0.25) is 4.79 Å². The summed E-state index contributed by atoms with van der Waals surface area (Å²) in [6, 6.07) is 0. The number of carbonyl (C=O) groups excluding carboxylic acids is 1. The van der Waals surface area contributed by atoms with Crippen molar-refractivity contribution in [2.24, 2.45) is 5.41 Å². The van der Waals surface area contributed by atoms with Crippen LogP contribution in [0.3, 0.4) is 0 Å². The highest BCUT2D eigenvalue weighted by molar-refractivity contribution is 5.75. The topological polar surface area (TPSA) is 80.0 Å². The molecule has 1 aromatic heterocycles. The third-order valence-corrected chi connectivity index (χ3v) is 2.73. The number of carbonyl (C=O) groups is 1. The first kappa shape index (κ1) is 10.1. The highest BCUT2D eigenvalue weighted by atomic mass is 16.3. The zero-order chi connectivity index (χ0) is 10.7. The van der Waals surface area contributed by atoms with Gasteiger partial charge in [-0.1, -0.05) is 5.21 Å². The smallest absolute Gasteiger partial charge is 0.241 e. The fraction of sp³-hybridized carbons (Fsp3) is 0.667. The minimum absolute atomic E-state index is 0.0436. The van der Waals surface area contributed by atoms with Gasteiger partial charge in [0.25, 0.3) is 0 Å². The van der Waals surface area contributed by atoms with Gasteiger partial charge in [0.05, 0.1) is 12.8 Å². The van der Waals surface area contributed by atoms with Gasteiger partial charge in [-0.05, 0) is 12.8 Å². The van der Waals surface area contributed by atoms with Crippen LogP contribution in [-0.2, 0) is 11.3 Å². The molecule has 0 saturated heterocycles. The van der Waals surface area contributed by atoms with Crippen LogP contribution >= 0.6 is 0 Å². The molecule has 2 N–H and O–H groups in total. The Labute approximate surface area is 87.3 Å². The Bertz CT molecular complexity index is 332. The van der Waals surface area contributed by atoms with Crippen molar-refractivity contribution in [1.29, 1.82) is 0 Å². The summed E-state index contributed by atoms with van der Waals surface area (Å²) in [5, 5.41) is 19.1. The summed E-state index contributed by atoms with van der Waals surface area (Å²) in [7, 11) is 0. The van der Waals surface area contributed by atoms with Crippen LogP contribution in [0, 0.1) is 5.41 Å². The number of aliphatic hydroxyl groups excluding tert-OH is 1. The van der Waals surface area contributed by atoms with Crippen molar-refractivity contribution in [1.82, 2.24) is 20.3 Å². The van der Waals surface area contributed by atoms with Crippen molar-refractivity contribution in [3.05, 3.63) is 12.4 Å². The van der Waals surface area contributed by atoms with Crippen molar-refractivity contribution in [2.45, 2.75) is 19.4 Å². The van der Waals surface area contributed by atoms with E-state index in [1.54, 1.807) is 6.20 Å². The maximum atomic E-state index is 11.4. The molecular formula is C9H14N4O2. The molecule has 0 aromatic carbocycles. The molecule has 1 saturated carbocycles. The predicted octanol–water partition coefficient (Wildman–Crippen LogP) is -0.833. The summed E-state index contributed by atoms with van der Waals surface area (Å²) < 4.78 is 1.47. The number of rotatable bonds is 5. The zero-order valence-corrected chi connectivity index (χ0v) is 8.39. The molecule has 15 heavy (non-hydrogen) atoms. The Morgan fingerprint density at radius 2 is 2.40 bits per heavy atom. The molecule has 0 unspecified atom stereocenters. The number of hydrogen-bond donors (Lipinski definition) is 2. The van der Waals surface area contributed by atoms with Crippen molar-refractivity contribution in [2.75, 3.05) is 13.2 Å². The number of hydrogen-bond acceptors (Lipinski definition) is 4. The first-order valence-electron chi connectivity index (χ1n) is 4.96. The lowest BCUT2D eigenvalue weighted by Gasteiger charge is -2.12. The van der Waals surface area contributed by atoms with Crippen LogP contribution in [0.1, 0.15) is 12.8 Å². The van der Waals surface area contributed by atoms with E-state index in [-0.39, 0.29) is 24.5 Å². The molecule has 1 amide bonds. The van der Waals surface area contributed by atoms with Gasteiger partial charge in [0.1, 0.15) is 6.54 Å². The molecule has 1 heterocycles. The van der Waals surface area contributed by atoms with E-state index in [2.05, 4.69) is 15.6 Å². The largest absolute Gasteiger partial charge is 0.396 e. The molecule has 2 rings (SSSR count). The Kier molecular flexibility index (Phi) is 2.68. The quantitative estimate of drug-likeness (QED) is 0.664. The van der Waals surface area contributed by atoms with Crippen molar-refractivity contribution in [3.63, 3.8) is 0 Å². The van der Waals surface area contributed by atoms with E-state index in [1.165, 1.54) is 10.9 Å². The average molecular weight is 210 g/mol. The predicted molar refractivity (Wildman–Crippen MR) is 51.8 cm³/mol. The Morgan fingerprint density at radius 3 is 2.93 bits per heavy atom. The van der Waals surface area contributed by atoms with Gasteiger partial charge in [-0.25, -0.2) is 4.68 Å². The third-order valence-electron chi connectivity index (χ3n) is 2.73. The minimum Gasteiger partial charge on any atom is -0.396 e. The monoisotopic (exact) mass is 210 g/mol. The molecule has 1 aliphatic carbocycles. The molecule has 0 radical (unpaired) electrons. The SMILES string of the molecule is O=C(Cn1ccnn1)NCC1(CO)CC1. The van der Waals surface area contributed by atoms with Crippen LogP contribution < -0.4 is 5.32 Å². The molecule has 6 heteroatoms. The van der Waals surface area contributed by atoms with Gasteiger partial charge < -0.3 is 10.4 Å². The summed E-state index contributed by atoms with van der Waals surface area (Å²) in [5.41, 5.74) is -0.0436. The lowest BCUT2D eigenvalue weighted by Crippen LogP contribution is -2.34. The fourth-order valence-corrected chi connectivity index (χ4v) is 1.37. The van der Waals surface area contributed by atoms with E-state index in [0.717, 1.165) is 12.8 Å². The third kappa shape index (κ3) is 2.53.